The van der Waals surface area contributed by atoms with Crippen molar-refractivity contribution in [2.45, 2.75) is 0 Å². The molecule has 35 heavy (non-hydrogen) atoms. The Hall–Kier alpha value is -1.42. The van der Waals surface area contributed by atoms with E-state index in [9.17, 15) is 9.59 Å². The molecule has 0 heterocycles. The molecule has 0 atom stereocenters. The molecule has 0 bridgehead atoms. The molecule has 0 saturated carbocycles. The smallest absolute Gasteiger partial charge is 0.319 e. The zero-order valence-corrected chi connectivity index (χ0v) is 21.2. The Kier molecular flexibility index (Phi) is 26.1. The summed E-state index contributed by atoms with van der Waals surface area (Å²) in [7, 11) is 2.59. The van der Waals surface area contributed by atoms with E-state index in [4.69, 9.17) is 38.9 Å². The Bertz CT molecular complexity index is 468. The molecule has 0 aromatic rings. The Balaban J connectivity index is 3.34. The van der Waals surface area contributed by atoms with Gasteiger partial charge in [-0.1, -0.05) is 0 Å². The summed E-state index contributed by atoms with van der Waals surface area (Å²) in [5.74, 6) is -0.865. The minimum Gasteiger partial charge on any atom is -0.468 e. The van der Waals surface area contributed by atoms with E-state index in [0.717, 1.165) is 0 Å². The Labute approximate surface area is 208 Å². The predicted molar refractivity (Wildman–Crippen MR) is 125 cm³/mol. The van der Waals surface area contributed by atoms with Gasteiger partial charge in [-0.2, -0.15) is 0 Å². The molecular weight excluding hydrogens is 468 g/mol. The van der Waals surface area contributed by atoms with Crippen LogP contribution in [0.4, 0.5) is 0 Å². The lowest BCUT2D eigenvalue weighted by Gasteiger charge is -2.19. The number of carbonyl (C=O) groups is 2. The van der Waals surface area contributed by atoms with E-state index in [1.807, 2.05) is 0 Å². The number of hydrogen-bond acceptors (Lipinski definition) is 13. The topological polar surface area (TPSA) is 146 Å². The van der Waals surface area contributed by atoms with Gasteiger partial charge in [0, 0.05) is 13.1 Å². The highest BCUT2D eigenvalue weighted by atomic mass is 16.6. The van der Waals surface area contributed by atoms with Crippen molar-refractivity contribution in [3.63, 3.8) is 0 Å². The van der Waals surface area contributed by atoms with E-state index in [0.29, 0.717) is 106 Å². The Morgan fingerprint density at radius 2 is 0.800 bits per heavy atom. The standard InChI is InChI=1S/C22H44N2O11/c1-27-21(25)19-24(20-22(26)28-2)4-6-30-8-10-32-12-14-34-16-18-35-17-15-33-13-11-31-9-7-29-5-3-23/h3-20,23H2,1-2H3. The third kappa shape index (κ3) is 25.5. The summed E-state index contributed by atoms with van der Waals surface area (Å²) < 4.78 is 46.9. The maximum atomic E-state index is 11.4. The molecule has 0 aliphatic heterocycles. The van der Waals surface area contributed by atoms with Gasteiger partial charge in [-0.05, 0) is 0 Å². The molecule has 0 unspecified atom stereocenters. The molecule has 208 valence electrons. The van der Waals surface area contributed by atoms with Gasteiger partial charge in [-0.25, -0.2) is 0 Å². The third-order valence-corrected chi connectivity index (χ3v) is 4.21. The molecule has 0 saturated heterocycles. The van der Waals surface area contributed by atoms with E-state index in [-0.39, 0.29) is 13.1 Å². The van der Waals surface area contributed by atoms with Crippen LogP contribution in [0, 0.1) is 0 Å². The maximum Gasteiger partial charge on any atom is 0.319 e. The first kappa shape index (κ1) is 33.6. The van der Waals surface area contributed by atoms with Crippen LogP contribution in [0.3, 0.4) is 0 Å². The van der Waals surface area contributed by atoms with Crippen LogP contribution >= 0.6 is 0 Å². The number of carbonyl (C=O) groups excluding carboxylic acids is 2. The van der Waals surface area contributed by atoms with Gasteiger partial charge in [0.1, 0.15) is 0 Å². The molecule has 0 spiro atoms. The molecule has 13 nitrogen and oxygen atoms in total. The van der Waals surface area contributed by atoms with Crippen molar-refractivity contribution in [1.29, 1.82) is 0 Å². The van der Waals surface area contributed by atoms with Crippen molar-refractivity contribution in [3.8, 4) is 0 Å². The molecule has 0 aliphatic carbocycles. The van der Waals surface area contributed by atoms with Crippen LogP contribution in [0.5, 0.6) is 0 Å². The second-order valence-corrected chi connectivity index (χ2v) is 6.94. The van der Waals surface area contributed by atoms with Crippen molar-refractivity contribution >= 4 is 11.9 Å². The van der Waals surface area contributed by atoms with Gasteiger partial charge in [0.05, 0.1) is 120 Å². The monoisotopic (exact) mass is 512 g/mol. The molecule has 0 amide bonds. The van der Waals surface area contributed by atoms with Crippen LogP contribution in [0.2, 0.25) is 0 Å². The van der Waals surface area contributed by atoms with Gasteiger partial charge in [-0.3, -0.25) is 14.5 Å². The number of nitrogens with two attached hydrogens (primary N) is 1. The predicted octanol–water partition coefficient (Wildman–Crippen LogP) is -1.29. The van der Waals surface area contributed by atoms with Crippen molar-refractivity contribution in [1.82, 2.24) is 4.90 Å². The Morgan fingerprint density at radius 1 is 0.514 bits per heavy atom. The van der Waals surface area contributed by atoms with E-state index < -0.39 is 11.9 Å². The summed E-state index contributed by atoms with van der Waals surface area (Å²) in [6.07, 6.45) is 0. The van der Waals surface area contributed by atoms with E-state index >= 15 is 0 Å². The minimum atomic E-state index is -0.432. The summed E-state index contributed by atoms with van der Waals surface area (Å²) >= 11 is 0. The second-order valence-electron chi connectivity index (χ2n) is 6.94. The second kappa shape index (κ2) is 27.2. The first-order chi connectivity index (χ1) is 17.1. The van der Waals surface area contributed by atoms with Gasteiger partial charge < -0.3 is 48.4 Å². The van der Waals surface area contributed by atoms with Crippen LogP contribution in [-0.4, -0.2) is 150 Å². The summed E-state index contributed by atoms with van der Waals surface area (Å²) in [5.41, 5.74) is 5.31. The van der Waals surface area contributed by atoms with Gasteiger partial charge in [0.25, 0.3) is 0 Å². The molecule has 0 aromatic heterocycles. The number of methoxy groups -OCH3 is 2. The SMILES string of the molecule is COC(=O)CN(CCOCCOCCOCCOCCOCCOCCOCCN)CC(=O)OC. The zero-order valence-electron chi connectivity index (χ0n) is 21.2. The van der Waals surface area contributed by atoms with Gasteiger partial charge in [0.15, 0.2) is 0 Å². The van der Waals surface area contributed by atoms with Crippen molar-refractivity contribution in [2.75, 3.05) is 133 Å². The zero-order chi connectivity index (χ0) is 25.8. The van der Waals surface area contributed by atoms with Crippen LogP contribution in [-0.2, 0) is 52.2 Å². The number of rotatable bonds is 27. The number of nitrogens with zero attached hydrogens (tertiary/aromatic N) is 1. The molecule has 2 N–H and O–H groups in total. The Morgan fingerprint density at radius 3 is 1.09 bits per heavy atom. The van der Waals surface area contributed by atoms with Crippen molar-refractivity contribution < 1.29 is 52.2 Å². The molecule has 0 rings (SSSR count). The molecular formula is C22H44N2O11. The molecule has 0 radical (unpaired) electrons. The summed E-state index contributed by atoms with van der Waals surface area (Å²) in [4.78, 5) is 24.4. The van der Waals surface area contributed by atoms with Gasteiger partial charge in [-0.15, -0.1) is 0 Å². The fraction of sp³-hybridized carbons (Fsp3) is 0.909. The number of esters is 2. The van der Waals surface area contributed by atoms with Crippen LogP contribution < -0.4 is 5.73 Å². The lowest BCUT2D eigenvalue weighted by atomic mass is 10.4. The first-order valence-corrected chi connectivity index (χ1v) is 11.7. The average molecular weight is 513 g/mol. The first-order valence-electron chi connectivity index (χ1n) is 11.7. The highest BCUT2D eigenvalue weighted by Gasteiger charge is 2.15. The van der Waals surface area contributed by atoms with Crippen LogP contribution in [0.1, 0.15) is 0 Å². The van der Waals surface area contributed by atoms with Crippen molar-refractivity contribution in [3.05, 3.63) is 0 Å². The lowest BCUT2D eigenvalue weighted by Crippen LogP contribution is -2.38. The normalized spacial score (nSPS) is 11.2. The fourth-order valence-electron chi connectivity index (χ4n) is 2.41. The number of hydrogen-bond donors (Lipinski definition) is 1. The molecule has 0 aromatic carbocycles. The molecule has 0 fully saturated rings. The third-order valence-electron chi connectivity index (χ3n) is 4.21. The highest BCUT2D eigenvalue weighted by molar-refractivity contribution is 5.74. The summed E-state index contributed by atoms with van der Waals surface area (Å²) in [6.45, 7) is 7.51. The molecule has 13 heteroatoms. The maximum absolute atomic E-state index is 11.4. The fourth-order valence-corrected chi connectivity index (χ4v) is 2.41. The van der Waals surface area contributed by atoms with E-state index in [1.165, 1.54) is 14.2 Å². The highest BCUT2D eigenvalue weighted by Crippen LogP contribution is 1.93. The molecule has 0 aliphatic rings. The van der Waals surface area contributed by atoms with Gasteiger partial charge >= 0.3 is 11.9 Å². The van der Waals surface area contributed by atoms with Crippen LogP contribution in [0.15, 0.2) is 0 Å². The van der Waals surface area contributed by atoms with Crippen LogP contribution in [0.25, 0.3) is 0 Å². The van der Waals surface area contributed by atoms with E-state index in [2.05, 4.69) is 9.47 Å². The lowest BCUT2D eigenvalue weighted by molar-refractivity contribution is -0.145. The largest absolute Gasteiger partial charge is 0.468 e. The summed E-state index contributed by atoms with van der Waals surface area (Å²) in [5, 5.41) is 0. The van der Waals surface area contributed by atoms with Crippen molar-refractivity contribution in [2.24, 2.45) is 5.73 Å². The van der Waals surface area contributed by atoms with E-state index in [1.54, 1.807) is 4.90 Å². The minimum absolute atomic E-state index is 0.0129. The quantitative estimate of drug-likeness (QED) is 0.103. The average Bonchev–Trinajstić information content (AvgIpc) is 2.86. The number of ether oxygens (including phenoxy) is 9. The summed E-state index contributed by atoms with van der Waals surface area (Å²) in [6, 6.07) is 0. The van der Waals surface area contributed by atoms with Gasteiger partial charge in [0.2, 0.25) is 0 Å².